The SMILES string of the molecule is Cc1c(F)c([N+](=O)[O-])cc(C(=O)Nc2cc(-n3cc(C(=O)NCCCN4CCOCC4)nn3)ccc2N2CCN(C)CC2)c1Cl. The van der Waals surface area contributed by atoms with E-state index in [4.69, 9.17) is 16.3 Å². The third-order valence-corrected chi connectivity index (χ3v) is 8.43. The van der Waals surface area contributed by atoms with Crippen molar-refractivity contribution in [3.05, 3.63) is 68.2 Å². The van der Waals surface area contributed by atoms with E-state index in [1.165, 1.54) is 17.8 Å². The van der Waals surface area contributed by atoms with Crippen LogP contribution in [0.5, 0.6) is 0 Å². The Bertz CT molecular complexity index is 1570. The molecule has 2 fully saturated rings. The smallest absolute Gasteiger partial charge is 0.305 e. The molecular weight excluding hydrogens is 609 g/mol. The highest BCUT2D eigenvalue weighted by molar-refractivity contribution is 6.35. The van der Waals surface area contributed by atoms with E-state index >= 15 is 0 Å². The van der Waals surface area contributed by atoms with Crippen LogP contribution in [0.1, 0.15) is 32.8 Å². The van der Waals surface area contributed by atoms with Gasteiger partial charge in [-0.25, -0.2) is 4.68 Å². The highest BCUT2D eigenvalue weighted by Gasteiger charge is 2.26. The van der Waals surface area contributed by atoms with Crippen LogP contribution < -0.4 is 15.5 Å². The second-order valence-electron chi connectivity index (χ2n) is 11.0. The predicted molar refractivity (Wildman–Crippen MR) is 166 cm³/mol. The summed E-state index contributed by atoms with van der Waals surface area (Å²) in [6, 6.07) is 6.12. The van der Waals surface area contributed by atoms with Gasteiger partial charge in [0.15, 0.2) is 5.69 Å². The number of halogens is 2. The first-order valence-corrected chi connectivity index (χ1v) is 15.0. The average molecular weight is 644 g/mol. The molecule has 2 saturated heterocycles. The molecule has 0 bridgehead atoms. The molecule has 2 aliphatic rings. The normalized spacial score (nSPS) is 16.0. The molecule has 0 radical (unpaired) electrons. The van der Waals surface area contributed by atoms with Gasteiger partial charge in [0.25, 0.3) is 11.8 Å². The number of aromatic nitrogens is 3. The number of hydrogen-bond donors (Lipinski definition) is 2. The lowest BCUT2D eigenvalue weighted by molar-refractivity contribution is -0.387. The number of morpholine rings is 1. The molecule has 0 spiro atoms. The first-order valence-electron chi connectivity index (χ1n) is 14.6. The number of anilines is 2. The fourth-order valence-electron chi connectivity index (χ4n) is 5.25. The highest BCUT2D eigenvalue weighted by atomic mass is 35.5. The topological polar surface area (TPSA) is 151 Å². The molecule has 1 aromatic heterocycles. The summed E-state index contributed by atoms with van der Waals surface area (Å²) in [6.07, 6.45) is 2.29. The fourth-order valence-corrected chi connectivity index (χ4v) is 5.47. The van der Waals surface area contributed by atoms with Gasteiger partial charge in [-0.05, 0) is 45.1 Å². The molecular formula is C29H35ClFN9O5. The third-order valence-electron chi connectivity index (χ3n) is 7.95. The van der Waals surface area contributed by atoms with Crippen LogP contribution in [0.3, 0.4) is 0 Å². The van der Waals surface area contributed by atoms with Gasteiger partial charge in [0.1, 0.15) is 0 Å². The lowest BCUT2D eigenvalue weighted by Crippen LogP contribution is -2.44. The molecule has 2 aliphatic heterocycles. The highest BCUT2D eigenvalue weighted by Crippen LogP contribution is 2.33. The zero-order valence-corrected chi connectivity index (χ0v) is 25.8. The molecule has 0 aliphatic carbocycles. The number of amides is 2. The van der Waals surface area contributed by atoms with E-state index in [0.29, 0.717) is 36.7 Å². The van der Waals surface area contributed by atoms with Crippen molar-refractivity contribution in [1.29, 1.82) is 0 Å². The molecule has 2 aromatic carbocycles. The summed E-state index contributed by atoms with van der Waals surface area (Å²) in [7, 11) is 2.03. The molecule has 3 aromatic rings. The zero-order chi connectivity index (χ0) is 32.1. The Kier molecular flexibility index (Phi) is 10.2. The molecule has 240 valence electrons. The van der Waals surface area contributed by atoms with Gasteiger partial charge in [-0.15, -0.1) is 5.10 Å². The Balaban J connectivity index is 1.35. The Morgan fingerprint density at radius 1 is 1.11 bits per heavy atom. The minimum atomic E-state index is -1.09. The second-order valence-corrected chi connectivity index (χ2v) is 11.4. The van der Waals surface area contributed by atoms with Gasteiger partial charge in [-0.3, -0.25) is 24.6 Å². The third kappa shape index (κ3) is 7.56. The number of rotatable bonds is 10. The van der Waals surface area contributed by atoms with Gasteiger partial charge in [0, 0.05) is 57.4 Å². The van der Waals surface area contributed by atoms with Gasteiger partial charge >= 0.3 is 5.69 Å². The van der Waals surface area contributed by atoms with E-state index in [2.05, 4.69) is 35.6 Å². The lowest BCUT2D eigenvalue weighted by atomic mass is 10.1. The number of carbonyl (C=O) groups excluding carboxylic acids is 2. The Morgan fingerprint density at radius 2 is 1.84 bits per heavy atom. The van der Waals surface area contributed by atoms with Gasteiger partial charge in [0.05, 0.1) is 52.0 Å². The van der Waals surface area contributed by atoms with Gasteiger partial charge in [-0.2, -0.15) is 4.39 Å². The standard InChI is InChI=1S/C29H35ClFN9O5/c1-19-26(30)21(17-25(27(19)31)40(43)44)28(41)33-22-16-20(4-5-24(22)38-10-8-36(2)9-11-38)39-18-23(34-35-39)29(42)32-6-3-7-37-12-14-45-15-13-37/h4-5,16-18H,3,6-15H2,1-2H3,(H,32,42)(H,33,41). The number of ether oxygens (including phenoxy) is 1. The van der Waals surface area contributed by atoms with Gasteiger partial charge < -0.3 is 25.2 Å². The molecule has 45 heavy (non-hydrogen) atoms. The van der Waals surface area contributed by atoms with Crippen LogP contribution in [0, 0.1) is 22.9 Å². The summed E-state index contributed by atoms with van der Waals surface area (Å²) in [4.78, 5) is 43.3. The zero-order valence-electron chi connectivity index (χ0n) is 25.1. The van der Waals surface area contributed by atoms with Crippen molar-refractivity contribution in [2.75, 3.05) is 82.8 Å². The summed E-state index contributed by atoms with van der Waals surface area (Å²) in [5.74, 6) is -2.19. The van der Waals surface area contributed by atoms with Crippen LogP contribution in [0.25, 0.3) is 5.69 Å². The first kappa shape index (κ1) is 32.2. The number of benzene rings is 2. The number of carbonyl (C=O) groups is 2. The minimum absolute atomic E-state index is 0.135. The number of piperazine rings is 1. The van der Waals surface area contributed by atoms with Crippen LogP contribution in [-0.4, -0.2) is 114 Å². The molecule has 16 heteroatoms. The van der Waals surface area contributed by atoms with Crippen molar-refractivity contribution >= 4 is 40.5 Å². The van der Waals surface area contributed by atoms with Crippen molar-refractivity contribution in [1.82, 2.24) is 30.1 Å². The van der Waals surface area contributed by atoms with Crippen molar-refractivity contribution in [2.24, 2.45) is 0 Å². The summed E-state index contributed by atoms with van der Waals surface area (Å²) in [5, 5.41) is 25.0. The average Bonchev–Trinajstić information content (AvgIpc) is 3.53. The maximum Gasteiger partial charge on any atom is 0.305 e. The quantitative estimate of drug-likeness (QED) is 0.192. The summed E-state index contributed by atoms with van der Waals surface area (Å²) in [5.41, 5.74) is 0.467. The van der Waals surface area contributed by atoms with Gasteiger partial charge in [0.2, 0.25) is 5.82 Å². The van der Waals surface area contributed by atoms with Crippen molar-refractivity contribution in [2.45, 2.75) is 13.3 Å². The van der Waals surface area contributed by atoms with Crippen molar-refractivity contribution < 1.29 is 23.6 Å². The van der Waals surface area contributed by atoms with E-state index in [0.717, 1.165) is 58.4 Å². The molecule has 2 N–H and O–H groups in total. The second kappa shape index (κ2) is 14.3. The number of nitro groups is 1. The van der Waals surface area contributed by atoms with Gasteiger partial charge in [-0.1, -0.05) is 16.8 Å². The van der Waals surface area contributed by atoms with Crippen LogP contribution in [0.2, 0.25) is 5.02 Å². The maximum atomic E-state index is 14.5. The molecule has 3 heterocycles. The lowest BCUT2D eigenvalue weighted by Gasteiger charge is -2.35. The summed E-state index contributed by atoms with van der Waals surface area (Å²) < 4.78 is 21.2. The number of hydrogen-bond acceptors (Lipinski definition) is 10. The Hall–Kier alpha value is -4.18. The van der Waals surface area contributed by atoms with E-state index in [1.54, 1.807) is 12.1 Å². The Morgan fingerprint density at radius 3 is 2.56 bits per heavy atom. The number of nitro benzene ring substituents is 1. The fraction of sp³-hybridized carbons (Fsp3) is 0.448. The van der Waals surface area contributed by atoms with Crippen LogP contribution in [0.15, 0.2) is 30.5 Å². The molecule has 0 atom stereocenters. The molecule has 5 rings (SSSR count). The maximum absolute atomic E-state index is 14.5. The molecule has 14 nitrogen and oxygen atoms in total. The first-order chi connectivity index (χ1) is 21.6. The van der Waals surface area contributed by atoms with E-state index in [1.807, 2.05) is 13.1 Å². The summed E-state index contributed by atoms with van der Waals surface area (Å²) >= 11 is 6.28. The monoisotopic (exact) mass is 643 g/mol. The number of nitrogens with zero attached hydrogens (tertiary/aromatic N) is 7. The summed E-state index contributed by atoms with van der Waals surface area (Å²) in [6.45, 7) is 8.84. The Labute approximate surface area is 264 Å². The number of likely N-dealkylation sites (N-methyl/N-ethyl adjacent to an activating group) is 1. The van der Waals surface area contributed by atoms with Crippen molar-refractivity contribution in [3.63, 3.8) is 0 Å². The van der Waals surface area contributed by atoms with Crippen LogP contribution in [0.4, 0.5) is 21.5 Å². The molecule has 2 amide bonds. The van der Waals surface area contributed by atoms with E-state index in [9.17, 15) is 24.1 Å². The van der Waals surface area contributed by atoms with Crippen molar-refractivity contribution in [3.8, 4) is 5.69 Å². The van der Waals surface area contributed by atoms with E-state index in [-0.39, 0.29) is 27.8 Å². The van der Waals surface area contributed by atoms with Crippen LogP contribution in [-0.2, 0) is 4.74 Å². The van der Waals surface area contributed by atoms with Crippen LogP contribution >= 0.6 is 11.6 Å². The number of nitrogens with one attached hydrogen (secondary N) is 2. The minimum Gasteiger partial charge on any atom is -0.379 e. The molecule has 0 unspecified atom stereocenters. The largest absolute Gasteiger partial charge is 0.379 e. The van der Waals surface area contributed by atoms with E-state index < -0.39 is 22.3 Å². The predicted octanol–water partition coefficient (Wildman–Crippen LogP) is 2.73. The molecule has 0 saturated carbocycles.